The van der Waals surface area contributed by atoms with E-state index in [1.807, 2.05) is 6.08 Å². The Labute approximate surface area is 222 Å². The molecule has 0 bridgehead atoms. The van der Waals surface area contributed by atoms with Crippen molar-refractivity contribution in [2.75, 3.05) is 12.0 Å². The summed E-state index contributed by atoms with van der Waals surface area (Å²) >= 11 is 5.99. The van der Waals surface area contributed by atoms with E-state index in [1.54, 1.807) is 19.1 Å². The molecule has 2 aromatic carbocycles. The van der Waals surface area contributed by atoms with Gasteiger partial charge in [-0.25, -0.2) is 9.29 Å². The third-order valence-electron chi connectivity index (χ3n) is 8.82. The van der Waals surface area contributed by atoms with E-state index in [1.165, 1.54) is 25.3 Å². The van der Waals surface area contributed by atoms with E-state index in [-0.39, 0.29) is 28.8 Å². The number of hydrogen-bond acceptors (Lipinski definition) is 6. The van der Waals surface area contributed by atoms with E-state index in [0.29, 0.717) is 17.7 Å². The van der Waals surface area contributed by atoms with Crippen molar-refractivity contribution in [3.63, 3.8) is 0 Å². The number of methoxy groups -OCH3 is 1. The van der Waals surface area contributed by atoms with Gasteiger partial charge in [0.05, 0.1) is 41.0 Å². The van der Waals surface area contributed by atoms with E-state index >= 15 is 0 Å². The van der Waals surface area contributed by atoms with E-state index in [0.717, 1.165) is 16.5 Å². The molecule has 6 rings (SSSR count). The van der Waals surface area contributed by atoms with Gasteiger partial charge in [0.2, 0.25) is 23.6 Å². The largest absolute Gasteiger partial charge is 0.508 e. The van der Waals surface area contributed by atoms with Crippen LogP contribution in [0.2, 0.25) is 5.02 Å². The minimum atomic E-state index is -1.35. The van der Waals surface area contributed by atoms with Gasteiger partial charge in [0.15, 0.2) is 0 Å². The summed E-state index contributed by atoms with van der Waals surface area (Å²) in [7, 11) is 1.48. The lowest BCUT2D eigenvalue weighted by atomic mass is 9.51. The topological polar surface area (TPSA) is 113 Å². The fourth-order valence-corrected chi connectivity index (χ4v) is 7.21. The van der Waals surface area contributed by atoms with Gasteiger partial charge < -0.3 is 9.84 Å². The number of imide groups is 2. The molecule has 0 spiro atoms. The molecule has 196 valence electrons. The number of fused-ring (bicyclic) bond motifs is 4. The number of carbonyl (C=O) groups excluding carboxylic acids is 4. The quantitative estimate of drug-likeness (QED) is 0.455. The van der Waals surface area contributed by atoms with Crippen LogP contribution in [0.3, 0.4) is 0 Å². The Balaban J connectivity index is 1.56. The van der Waals surface area contributed by atoms with Crippen LogP contribution in [0.15, 0.2) is 48.0 Å². The second kappa shape index (κ2) is 8.39. The van der Waals surface area contributed by atoms with Crippen molar-refractivity contribution in [1.29, 1.82) is 0 Å². The van der Waals surface area contributed by atoms with Gasteiger partial charge in [-0.1, -0.05) is 23.3 Å². The number of amides is 4. The molecule has 3 fully saturated rings. The highest BCUT2D eigenvalue weighted by Gasteiger charge is 2.67. The molecule has 10 heteroatoms. The summed E-state index contributed by atoms with van der Waals surface area (Å²) in [6.07, 6.45) is 2.35. The summed E-state index contributed by atoms with van der Waals surface area (Å²) in [4.78, 5) is 54.6. The van der Waals surface area contributed by atoms with Crippen LogP contribution in [0.4, 0.5) is 10.1 Å². The maximum absolute atomic E-state index is 14.2. The monoisotopic (exact) mass is 538 g/mol. The van der Waals surface area contributed by atoms with Crippen LogP contribution in [-0.2, 0) is 19.2 Å². The van der Waals surface area contributed by atoms with Crippen LogP contribution >= 0.6 is 11.6 Å². The normalized spacial score (nSPS) is 31.9. The van der Waals surface area contributed by atoms with Gasteiger partial charge in [-0.3, -0.25) is 24.5 Å². The number of aromatic hydroxyl groups is 1. The molecule has 0 aromatic heterocycles. The number of phenols is 1. The first-order valence-corrected chi connectivity index (χ1v) is 12.7. The Kier molecular flexibility index (Phi) is 5.43. The number of nitrogens with one attached hydrogen (secondary N) is 1. The molecule has 6 unspecified atom stereocenters. The number of allylic oxidation sites excluding steroid dienone is 2. The average molecular weight is 539 g/mol. The van der Waals surface area contributed by atoms with Gasteiger partial charge in [-0.2, -0.15) is 0 Å². The molecular formula is C28H24ClFN2O6. The summed E-state index contributed by atoms with van der Waals surface area (Å²) in [5.74, 6) is -5.49. The van der Waals surface area contributed by atoms with Gasteiger partial charge in [0, 0.05) is 11.5 Å². The SMILES string of the molecule is COc1ccc(O)c(C2C3=CCC4C(=O)NC(=O)C4C3CC3C(=O)N(c4ccc(F)c(Cl)c4)C(=O)C32C)c1. The van der Waals surface area contributed by atoms with Gasteiger partial charge >= 0.3 is 0 Å². The zero-order valence-corrected chi connectivity index (χ0v) is 21.3. The molecule has 2 N–H and O–H groups in total. The van der Waals surface area contributed by atoms with Gasteiger partial charge in [0.1, 0.15) is 17.3 Å². The molecule has 4 amide bonds. The molecule has 2 heterocycles. The average Bonchev–Trinajstić information content (AvgIpc) is 3.29. The highest BCUT2D eigenvalue weighted by atomic mass is 35.5. The molecule has 8 nitrogen and oxygen atoms in total. The first kappa shape index (κ1) is 24.6. The Hall–Kier alpha value is -3.72. The molecular weight excluding hydrogens is 515 g/mol. The molecule has 2 aromatic rings. The van der Waals surface area contributed by atoms with Crippen LogP contribution in [0.5, 0.6) is 11.5 Å². The molecule has 1 saturated carbocycles. The Morgan fingerprint density at radius 1 is 1.11 bits per heavy atom. The predicted molar refractivity (Wildman–Crippen MR) is 134 cm³/mol. The van der Waals surface area contributed by atoms with Crippen LogP contribution in [0.25, 0.3) is 0 Å². The summed E-state index contributed by atoms with van der Waals surface area (Å²) in [5.41, 5.74) is -0.0929. The van der Waals surface area contributed by atoms with E-state index < -0.39 is 58.5 Å². The molecule has 6 atom stereocenters. The van der Waals surface area contributed by atoms with Crippen molar-refractivity contribution in [3.8, 4) is 11.5 Å². The van der Waals surface area contributed by atoms with Crippen molar-refractivity contribution in [1.82, 2.24) is 5.32 Å². The van der Waals surface area contributed by atoms with E-state index in [4.69, 9.17) is 16.3 Å². The Morgan fingerprint density at radius 2 is 1.87 bits per heavy atom. The second-order valence-corrected chi connectivity index (χ2v) is 10.9. The zero-order chi connectivity index (χ0) is 27.1. The molecule has 38 heavy (non-hydrogen) atoms. The van der Waals surface area contributed by atoms with Crippen molar-refractivity contribution in [2.45, 2.75) is 25.7 Å². The van der Waals surface area contributed by atoms with Crippen LogP contribution in [-0.4, -0.2) is 35.8 Å². The lowest BCUT2D eigenvalue weighted by Gasteiger charge is -2.49. The summed E-state index contributed by atoms with van der Waals surface area (Å²) in [5, 5.41) is 13.2. The first-order valence-electron chi connectivity index (χ1n) is 12.3. The molecule has 0 radical (unpaired) electrons. The molecule has 4 aliphatic rings. The predicted octanol–water partition coefficient (Wildman–Crippen LogP) is 3.71. The fourth-order valence-electron chi connectivity index (χ4n) is 7.03. The number of nitrogens with zero attached hydrogens (tertiary/aromatic N) is 1. The van der Waals surface area contributed by atoms with Gasteiger partial charge in [-0.05, 0) is 62.1 Å². The van der Waals surface area contributed by atoms with Gasteiger partial charge in [-0.15, -0.1) is 0 Å². The van der Waals surface area contributed by atoms with Gasteiger partial charge in [0.25, 0.3) is 0 Å². The zero-order valence-electron chi connectivity index (χ0n) is 20.5. The number of carbonyl (C=O) groups is 4. The van der Waals surface area contributed by atoms with Crippen LogP contribution in [0.1, 0.15) is 31.2 Å². The summed E-state index contributed by atoms with van der Waals surface area (Å²) in [6.45, 7) is 1.69. The second-order valence-electron chi connectivity index (χ2n) is 10.5. The van der Waals surface area contributed by atoms with E-state index in [9.17, 15) is 28.7 Å². The third kappa shape index (κ3) is 3.20. The number of rotatable bonds is 3. The van der Waals surface area contributed by atoms with Crippen molar-refractivity contribution < 1.29 is 33.4 Å². The van der Waals surface area contributed by atoms with Crippen molar-refractivity contribution >= 4 is 40.9 Å². The molecule has 2 aliphatic carbocycles. The minimum Gasteiger partial charge on any atom is -0.508 e. The van der Waals surface area contributed by atoms with E-state index in [2.05, 4.69) is 5.32 Å². The van der Waals surface area contributed by atoms with Crippen LogP contribution in [0, 0.1) is 34.9 Å². The van der Waals surface area contributed by atoms with Crippen molar-refractivity contribution in [2.24, 2.45) is 29.1 Å². The number of ether oxygens (including phenoxy) is 1. The number of halogens is 2. The number of anilines is 1. The van der Waals surface area contributed by atoms with Crippen molar-refractivity contribution in [3.05, 3.63) is 64.5 Å². The number of benzene rings is 2. The maximum Gasteiger partial charge on any atom is 0.241 e. The summed E-state index contributed by atoms with van der Waals surface area (Å²) < 4.78 is 19.3. The lowest BCUT2D eigenvalue weighted by molar-refractivity contribution is -0.131. The maximum atomic E-state index is 14.2. The minimum absolute atomic E-state index is 0.0880. The number of hydrogen-bond donors (Lipinski definition) is 2. The Morgan fingerprint density at radius 3 is 2.58 bits per heavy atom. The highest BCUT2D eigenvalue weighted by Crippen LogP contribution is 2.64. The standard InChI is InChI=1S/C28H24ClFN2O6/c1-28-18(26(36)32(27(28)37)12-3-7-20(30)19(29)9-12)11-16-14(5-6-15-22(16)25(35)31-24(15)34)23(28)17-10-13(38-2)4-8-21(17)33/h3-5,7-10,15-16,18,22-23,33H,6,11H2,1-2H3,(H,31,34,35). The van der Waals surface area contributed by atoms with Crippen LogP contribution < -0.4 is 15.0 Å². The fraction of sp³-hybridized carbons (Fsp3) is 0.357. The lowest BCUT2D eigenvalue weighted by Crippen LogP contribution is -2.48. The third-order valence-corrected chi connectivity index (χ3v) is 9.11. The Bertz CT molecular complexity index is 1470. The highest BCUT2D eigenvalue weighted by molar-refractivity contribution is 6.31. The summed E-state index contributed by atoms with van der Waals surface area (Å²) in [6, 6.07) is 8.33. The first-order chi connectivity index (χ1) is 18.1. The molecule has 2 aliphatic heterocycles. The molecule has 2 saturated heterocycles. The number of phenolic OH excluding ortho intramolecular Hbond substituents is 1. The smallest absolute Gasteiger partial charge is 0.241 e.